The van der Waals surface area contributed by atoms with E-state index in [0.717, 1.165) is 24.8 Å². The van der Waals surface area contributed by atoms with Gasteiger partial charge in [0.1, 0.15) is 31.5 Å². The number of hydrogen-bond acceptors (Lipinski definition) is 8. The molecular weight excluding hydrogens is 494 g/mol. The Morgan fingerprint density at radius 1 is 0.895 bits per heavy atom. The van der Waals surface area contributed by atoms with Crippen molar-refractivity contribution < 1.29 is 39.4 Å². The summed E-state index contributed by atoms with van der Waals surface area (Å²) < 4.78 is 0. The molecule has 0 heterocycles. The van der Waals surface area contributed by atoms with Crippen LogP contribution in [0.1, 0.15) is 86.1 Å². The molecule has 11 heteroatoms. The van der Waals surface area contributed by atoms with E-state index in [4.69, 9.17) is 9.68 Å². The Morgan fingerprint density at radius 2 is 1.45 bits per heavy atom. The van der Waals surface area contributed by atoms with Gasteiger partial charge in [-0.2, -0.15) is 0 Å². The molecule has 0 radical (unpaired) electrons. The van der Waals surface area contributed by atoms with Crippen LogP contribution in [0.2, 0.25) is 0 Å². The van der Waals surface area contributed by atoms with Gasteiger partial charge in [0.2, 0.25) is 5.91 Å². The van der Waals surface area contributed by atoms with E-state index in [1.807, 2.05) is 13.8 Å². The number of carbonyl (C=O) groups is 3. The molecule has 0 spiro atoms. The molecule has 0 aliphatic carbocycles. The maximum absolute atomic E-state index is 12.9. The number of rotatable bonds is 18. The van der Waals surface area contributed by atoms with Crippen LogP contribution in [0, 0.1) is 12.8 Å². The van der Waals surface area contributed by atoms with E-state index in [1.54, 1.807) is 24.0 Å². The Hall–Kier alpha value is -2.57. The highest BCUT2D eigenvalue weighted by Crippen LogP contribution is 2.14. The number of benzene rings is 1. The first-order valence-electron chi connectivity index (χ1n) is 13.3. The highest BCUT2D eigenvalue weighted by atomic mass is 16.7. The lowest BCUT2D eigenvalue weighted by Crippen LogP contribution is -2.44. The van der Waals surface area contributed by atoms with Gasteiger partial charge in [-0.3, -0.25) is 24.1 Å². The first-order chi connectivity index (χ1) is 18.0. The number of carbonyl (C=O) groups excluding carboxylic acids is 3. The fourth-order valence-electron chi connectivity index (χ4n) is 3.71. The number of nitrogens with one attached hydrogen (secondary N) is 2. The zero-order valence-electron chi connectivity index (χ0n) is 23.2. The minimum absolute atomic E-state index is 0.158. The Balaban J connectivity index is 2.53. The summed E-state index contributed by atoms with van der Waals surface area (Å²) in [6.45, 7) is 10.1. The predicted octanol–water partition coefficient (Wildman–Crippen LogP) is 1.88. The third kappa shape index (κ3) is 12.3. The van der Waals surface area contributed by atoms with Crippen LogP contribution in [0.4, 0.5) is 0 Å². The Morgan fingerprint density at radius 3 is 2.00 bits per heavy atom. The summed E-state index contributed by atoms with van der Waals surface area (Å²) in [5.74, 6) is -0.650. The summed E-state index contributed by atoms with van der Waals surface area (Å²) in [7, 11) is 0. The number of amides is 3. The van der Waals surface area contributed by atoms with Gasteiger partial charge in [0, 0.05) is 30.6 Å². The molecule has 0 saturated carbocycles. The van der Waals surface area contributed by atoms with Crippen LogP contribution in [0.15, 0.2) is 18.2 Å². The number of aliphatic hydroxyl groups is 3. The Bertz CT molecular complexity index is 874. The standard InChI is InChI=1S/C27H45N3O8/c1-6-11-30(12-7-2)27(36)21-14-19(5)13-20(15-21)26(35)29-38-17-23(32)25(34)22(31)16-37-28-24(33)10-8-9-18(3)4/h13-15,18,22-23,25,31-32,34H,6-12,16-17H2,1-5H3,(H,28,33)(H,29,35)/t22?,23-,25+/m0/s1. The maximum Gasteiger partial charge on any atom is 0.274 e. The highest BCUT2D eigenvalue weighted by Gasteiger charge is 2.26. The molecule has 0 aliphatic heterocycles. The number of hydroxylamine groups is 2. The van der Waals surface area contributed by atoms with E-state index in [-0.39, 0.29) is 23.8 Å². The van der Waals surface area contributed by atoms with Crippen LogP contribution in [0.5, 0.6) is 0 Å². The van der Waals surface area contributed by atoms with Gasteiger partial charge in [-0.15, -0.1) is 0 Å². The van der Waals surface area contributed by atoms with Gasteiger partial charge in [-0.05, 0) is 55.9 Å². The van der Waals surface area contributed by atoms with E-state index < -0.39 is 37.4 Å². The van der Waals surface area contributed by atoms with Crippen LogP contribution in [0.3, 0.4) is 0 Å². The van der Waals surface area contributed by atoms with Crippen LogP contribution in [-0.2, 0) is 14.5 Å². The van der Waals surface area contributed by atoms with E-state index >= 15 is 0 Å². The van der Waals surface area contributed by atoms with Gasteiger partial charge in [-0.25, -0.2) is 11.0 Å². The van der Waals surface area contributed by atoms with Gasteiger partial charge in [0.15, 0.2) is 0 Å². The summed E-state index contributed by atoms with van der Waals surface area (Å²) >= 11 is 0. The molecule has 5 N–H and O–H groups in total. The third-order valence-electron chi connectivity index (χ3n) is 5.69. The molecule has 216 valence electrons. The van der Waals surface area contributed by atoms with Gasteiger partial charge < -0.3 is 20.2 Å². The first-order valence-corrected chi connectivity index (χ1v) is 13.3. The van der Waals surface area contributed by atoms with Crippen LogP contribution in [0.25, 0.3) is 0 Å². The zero-order valence-corrected chi connectivity index (χ0v) is 23.2. The second-order valence-corrected chi connectivity index (χ2v) is 9.87. The number of hydrogen-bond donors (Lipinski definition) is 5. The van der Waals surface area contributed by atoms with Crippen molar-refractivity contribution in [1.29, 1.82) is 0 Å². The molecule has 1 aromatic carbocycles. The lowest BCUT2D eigenvalue weighted by molar-refractivity contribution is -0.145. The minimum atomic E-state index is -1.66. The molecule has 1 unspecified atom stereocenters. The smallest absolute Gasteiger partial charge is 0.274 e. The highest BCUT2D eigenvalue weighted by molar-refractivity contribution is 5.99. The molecule has 1 rings (SSSR count). The van der Waals surface area contributed by atoms with Crippen molar-refractivity contribution in [3.63, 3.8) is 0 Å². The van der Waals surface area contributed by atoms with Crippen LogP contribution in [-0.4, -0.2) is 82.6 Å². The van der Waals surface area contributed by atoms with Crippen molar-refractivity contribution in [3.05, 3.63) is 34.9 Å². The van der Waals surface area contributed by atoms with Crippen molar-refractivity contribution >= 4 is 17.7 Å². The summed E-state index contributed by atoms with van der Waals surface area (Å²) in [4.78, 5) is 48.9. The average Bonchev–Trinajstić information content (AvgIpc) is 2.86. The van der Waals surface area contributed by atoms with Crippen LogP contribution < -0.4 is 11.0 Å². The van der Waals surface area contributed by atoms with Crippen molar-refractivity contribution in [2.24, 2.45) is 5.92 Å². The Kier molecular flexibility index (Phi) is 15.7. The second-order valence-electron chi connectivity index (χ2n) is 9.87. The molecule has 3 atom stereocenters. The van der Waals surface area contributed by atoms with E-state index in [2.05, 4.69) is 24.8 Å². The first kappa shape index (κ1) is 33.5. The van der Waals surface area contributed by atoms with E-state index in [1.165, 1.54) is 6.07 Å². The SMILES string of the molecule is CCCN(CCC)C(=O)c1cc(C)cc(C(=O)NOC[C@H](O)[C@H](O)C(O)CONC(=O)CCCC(C)C)c1. The normalized spacial score (nSPS) is 13.6. The lowest BCUT2D eigenvalue weighted by Gasteiger charge is -2.23. The van der Waals surface area contributed by atoms with Gasteiger partial charge in [-0.1, -0.05) is 34.1 Å². The lowest BCUT2D eigenvalue weighted by atomic mass is 10.0. The monoisotopic (exact) mass is 539 g/mol. The molecule has 11 nitrogen and oxygen atoms in total. The fourth-order valence-corrected chi connectivity index (χ4v) is 3.71. The molecule has 0 saturated heterocycles. The van der Waals surface area contributed by atoms with Gasteiger partial charge in [0.25, 0.3) is 11.8 Å². The average molecular weight is 540 g/mol. The molecule has 0 fully saturated rings. The molecule has 0 aliphatic rings. The number of nitrogens with zero attached hydrogens (tertiary/aromatic N) is 1. The largest absolute Gasteiger partial charge is 0.388 e. The molecule has 0 aromatic heterocycles. The van der Waals surface area contributed by atoms with Crippen molar-refractivity contribution in [2.45, 2.75) is 85.0 Å². The predicted molar refractivity (Wildman–Crippen MR) is 142 cm³/mol. The van der Waals surface area contributed by atoms with E-state index in [0.29, 0.717) is 31.0 Å². The second kappa shape index (κ2) is 17.8. The maximum atomic E-state index is 12.9. The Labute approximate surface area is 225 Å². The summed E-state index contributed by atoms with van der Waals surface area (Å²) in [6.07, 6.45) is -1.20. The van der Waals surface area contributed by atoms with E-state index in [9.17, 15) is 29.7 Å². The molecule has 1 aromatic rings. The van der Waals surface area contributed by atoms with Gasteiger partial charge >= 0.3 is 0 Å². The quantitative estimate of drug-likeness (QED) is 0.177. The number of aryl methyl sites for hydroxylation is 1. The summed E-state index contributed by atoms with van der Waals surface area (Å²) in [5.41, 5.74) is 5.68. The van der Waals surface area contributed by atoms with Crippen LogP contribution >= 0.6 is 0 Å². The minimum Gasteiger partial charge on any atom is -0.388 e. The van der Waals surface area contributed by atoms with Gasteiger partial charge in [0.05, 0.1) is 0 Å². The number of aliphatic hydroxyl groups excluding tert-OH is 3. The van der Waals surface area contributed by atoms with Crippen molar-refractivity contribution in [2.75, 3.05) is 26.3 Å². The molecule has 3 amide bonds. The topological polar surface area (TPSA) is 158 Å². The zero-order chi connectivity index (χ0) is 28.7. The molecule has 0 bridgehead atoms. The summed E-state index contributed by atoms with van der Waals surface area (Å²) in [5, 5.41) is 30.2. The summed E-state index contributed by atoms with van der Waals surface area (Å²) in [6, 6.07) is 4.80. The molecule has 38 heavy (non-hydrogen) atoms. The van der Waals surface area contributed by atoms with Crippen molar-refractivity contribution in [3.8, 4) is 0 Å². The fraction of sp³-hybridized carbons (Fsp3) is 0.667. The van der Waals surface area contributed by atoms with Crippen molar-refractivity contribution in [1.82, 2.24) is 15.9 Å². The third-order valence-corrected chi connectivity index (χ3v) is 5.69. The molecular formula is C27H45N3O8.